The smallest absolute Gasteiger partial charge is 0.244 e. The van der Waals surface area contributed by atoms with Crippen molar-refractivity contribution in [1.82, 2.24) is 19.8 Å². The van der Waals surface area contributed by atoms with Crippen molar-refractivity contribution in [2.75, 3.05) is 25.4 Å². The molecule has 1 N–H and O–H groups in total. The molecule has 1 atom stereocenters. The highest BCUT2D eigenvalue weighted by atomic mass is 79.9. The predicted octanol–water partition coefficient (Wildman–Crippen LogP) is 4.75. The van der Waals surface area contributed by atoms with Crippen molar-refractivity contribution in [3.8, 4) is 0 Å². The molecule has 184 valence electrons. The van der Waals surface area contributed by atoms with E-state index in [1.165, 1.54) is 0 Å². The van der Waals surface area contributed by atoms with Gasteiger partial charge in [0.1, 0.15) is 6.04 Å². The van der Waals surface area contributed by atoms with Crippen LogP contribution >= 0.6 is 15.9 Å². The summed E-state index contributed by atoms with van der Waals surface area (Å²) in [6, 6.07) is 17.2. The highest BCUT2D eigenvalue weighted by molar-refractivity contribution is 9.10. The van der Waals surface area contributed by atoms with Crippen molar-refractivity contribution in [1.29, 1.82) is 0 Å². The standard InChI is InChI=1S/C25H33BrN4O3S/c1-3-30(4-2)17-10-18-34(31,32)29-23(16-15-20-11-6-5-7-12-20)25-27-24(28-33-25)19-21-13-8-9-14-22(21)26/h5-9,11-14,23,29H,3-4,10,15-19H2,1-2H3/t23-/m1/s1. The maximum atomic E-state index is 12.9. The van der Waals surface area contributed by atoms with Gasteiger partial charge in [-0.1, -0.05) is 83.5 Å². The molecule has 1 heterocycles. The molecule has 0 unspecified atom stereocenters. The van der Waals surface area contributed by atoms with E-state index in [0.717, 1.165) is 35.2 Å². The Morgan fingerprint density at radius 3 is 2.47 bits per heavy atom. The summed E-state index contributed by atoms with van der Waals surface area (Å²) in [7, 11) is -3.51. The Morgan fingerprint density at radius 1 is 1.06 bits per heavy atom. The average Bonchev–Trinajstić information content (AvgIpc) is 3.30. The van der Waals surface area contributed by atoms with Gasteiger partial charge < -0.3 is 9.42 Å². The van der Waals surface area contributed by atoms with Crippen molar-refractivity contribution >= 4 is 26.0 Å². The molecule has 0 saturated carbocycles. The summed E-state index contributed by atoms with van der Waals surface area (Å²) in [5.74, 6) is 0.876. The van der Waals surface area contributed by atoms with Crippen LogP contribution in [0.5, 0.6) is 0 Å². The van der Waals surface area contributed by atoms with E-state index in [0.29, 0.717) is 37.4 Å². The number of sulfonamides is 1. The molecule has 2 aromatic carbocycles. The van der Waals surface area contributed by atoms with Gasteiger partial charge in [-0.15, -0.1) is 0 Å². The molecule has 3 rings (SSSR count). The molecule has 0 aliphatic rings. The van der Waals surface area contributed by atoms with E-state index >= 15 is 0 Å². The third-order valence-corrected chi connectivity index (χ3v) is 8.00. The van der Waals surface area contributed by atoms with Gasteiger partial charge in [-0.05, 0) is 56.1 Å². The molecule has 0 spiro atoms. The minimum absolute atomic E-state index is 0.0588. The largest absolute Gasteiger partial charge is 0.338 e. The third-order valence-electron chi connectivity index (χ3n) is 5.76. The Kier molecular flexibility index (Phi) is 10.2. The lowest BCUT2D eigenvalue weighted by Crippen LogP contribution is -2.33. The van der Waals surface area contributed by atoms with E-state index in [-0.39, 0.29) is 5.75 Å². The summed E-state index contributed by atoms with van der Waals surface area (Å²) in [6.45, 7) is 6.73. The first-order valence-corrected chi connectivity index (χ1v) is 14.2. The minimum atomic E-state index is -3.51. The fourth-order valence-corrected chi connectivity index (χ4v) is 5.48. The Morgan fingerprint density at radius 2 is 1.76 bits per heavy atom. The summed E-state index contributed by atoms with van der Waals surface area (Å²) in [6.07, 6.45) is 2.28. The minimum Gasteiger partial charge on any atom is -0.338 e. The second kappa shape index (κ2) is 13.1. The van der Waals surface area contributed by atoms with Crippen LogP contribution in [0, 0.1) is 0 Å². The van der Waals surface area contributed by atoms with Crippen LogP contribution in [0.3, 0.4) is 0 Å². The van der Waals surface area contributed by atoms with Crippen LogP contribution in [0.4, 0.5) is 0 Å². The summed E-state index contributed by atoms with van der Waals surface area (Å²) in [4.78, 5) is 6.76. The van der Waals surface area contributed by atoms with E-state index in [2.05, 4.69) is 49.5 Å². The van der Waals surface area contributed by atoms with Crippen LogP contribution in [0.2, 0.25) is 0 Å². The van der Waals surface area contributed by atoms with Gasteiger partial charge in [-0.3, -0.25) is 0 Å². The van der Waals surface area contributed by atoms with Gasteiger partial charge in [0, 0.05) is 10.9 Å². The number of aromatic nitrogens is 2. The molecule has 0 saturated heterocycles. The number of halogens is 1. The maximum absolute atomic E-state index is 12.9. The number of hydrogen-bond donors (Lipinski definition) is 1. The first kappa shape index (κ1) is 26.5. The molecule has 0 radical (unpaired) electrons. The summed E-state index contributed by atoms with van der Waals surface area (Å²) in [5, 5.41) is 4.12. The van der Waals surface area contributed by atoms with Gasteiger partial charge in [-0.2, -0.15) is 4.98 Å². The molecule has 0 aliphatic carbocycles. The number of rotatable bonds is 14. The molecular weight excluding hydrogens is 516 g/mol. The van der Waals surface area contributed by atoms with E-state index in [1.807, 2.05) is 54.6 Å². The van der Waals surface area contributed by atoms with Gasteiger partial charge in [0.25, 0.3) is 0 Å². The fraction of sp³-hybridized carbons (Fsp3) is 0.440. The lowest BCUT2D eigenvalue weighted by atomic mass is 10.1. The van der Waals surface area contributed by atoms with E-state index in [4.69, 9.17) is 4.52 Å². The number of nitrogens with one attached hydrogen (secondary N) is 1. The predicted molar refractivity (Wildman–Crippen MR) is 138 cm³/mol. The highest BCUT2D eigenvalue weighted by Gasteiger charge is 2.25. The molecule has 1 aromatic heterocycles. The highest BCUT2D eigenvalue weighted by Crippen LogP contribution is 2.22. The van der Waals surface area contributed by atoms with Crippen molar-refractivity contribution in [2.45, 2.75) is 45.6 Å². The Balaban J connectivity index is 1.71. The average molecular weight is 550 g/mol. The summed E-state index contributed by atoms with van der Waals surface area (Å²) >= 11 is 3.54. The summed E-state index contributed by atoms with van der Waals surface area (Å²) in [5.41, 5.74) is 2.16. The molecule has 0 aliphatic heterocycles. The molecule has 34 heavy (non-hydrogen) atoms. The zero-order valence-electron chi connectivity index (χ0n) is 19.8. The van der Waals surface area contributed by atoms with Crippen molar-refractivity contribution in [3.63, 3.8) is 0 Å². The zero-order valence-corrected chi connectivity index (χ0v) is 22.2. The number of hydrogen-bond acceptors (Lipinski definition) is 6. The molecule has 7 nitrogen and oxygen atoms in total. The van der Waals surface area contributed by atoms with Gasteiger partial charge in [-0.25, -0.2) is 13.1 Å². The topological polar surface area (TPSA) is 88.3 Å². The van der Waals surface area contributed by atoms with Crippen LogP contribution in [-0.4, -0.2) is 48.8 Å². The molecule has 3 aromatic rings. The molecule has 9 heteroatoms. The van der Waals surface area contributed by atoms with Gasteiger partial charge in [0.15, 0.2) is 5.82 Å². The van der Waals surface area contributed by atoms with Crippen LogP contribution in [0.25, 0.3) is 0 Å². The Hall–Kier alpha value is -2.07. The van der Waals surface area contributed by atoms with Gasteiger partial charge in [0.2, 0.25) is 15.9 Å². The van der Waals surface area contributed by atoms with Crippen LogP contribution in [0.15, 0.2) is 63.6 Å². The zero-order chi connectivity index (χ0) is 24.4. The molecule has 0 amide bonds. The Bertz CT molecular complexity index is 1120. The fourth-order valence-electron chi connectivity index (χ4n) is 3.78. The monoisotopic (exact) mass is 548 g/mol. The number of benzene rings is 2. The molecule has 0 fully saturated rings. The SMILES string of the molecule is CCN(CC)CCCS(=O)(=O)N[C@H](CCc1ccccc1)c1nc(Cc2ccccc2Br)no1. The normalized spacial score (nSPS) is 12.8. The van der Waals surface area contributed by atoms with E-state index in [1.54, 1.807) is 0 Å². The number of nitrogens with zero attached hydrogens (tertiary/aromatic N) is 3. The molecular formula is C25H33BrN4O3S. The van der Waals surface area contributed by atoms with E-state index in [9.17, 15) is 8.42 Å². The van der Waals surface area contributed by atoms with Crippen LogP contribution in [-0.2, 0) is 22.9 Å². The second-order valence-corrected chi connectivity index (χ2v) is 10.9. The third kappa shape index (κ3) is 8.30. The molecule has 0 bridgehead atoms. The quantitative estimate of drug-likeness (QED) is 0.312. The van der Waals surface area contributed by atoms with Crippen LogP contribution in [0.1, 0.15) is 55.6 Å². The van der Waals surface area contributed by atoms with Crippen molar-refractivity contribution in [2.24, 2.45) is 0 Å². The second-order valence-electron chi connectivity index (χ2n) is 8.21. The first-order chi connectivity index (χ1) is 16.4. The first-order valence-electron chi connectivity index (χ1n) is 11.7. The van der Waals surface area contributed by atoms with Crippen LogP contribution < -0.4 is 4.72 Å². The lowest BCUT2D eigenvalue weighted by molar-refractivity contribution is 0.304. The van der Waals surface area contributed by atoms with Crippen molar-refractivity contribution in [3.05, 3.63) is 81.9 Å². The number of aryl methyl sites for hydroxylation is 1. The Labute approximate surface area is 211 Å². The lowest BCUT2D eigenvalue weighted by Gasteiger charge is -2.19. The van der Waals surface area contributed by atoms with E-state index < -0.39 is 16.1 Å². The van der Waals surface area contributed by atoms with Gasteiger partial charge >= 0.3 is 0 Å². The van der Waals surface area contributed by atoms with Crippen molar-refractivity contribution < 1.29 is 12.9 Å². The van der Waals surface area contributed by atoms with Gasteiger partial charge in [0.05, 0.1) is 5.75 Å². The maximum Gasteiger partial charge on any atom is 0.244 e. The summed E-state index contributed by atoms with van der Waals surface area (Å²) < 4.78 is 35.1.